The smallest absolute Gasteiger partial charge is 0.387 e. The Morgan fingerprint density at radius 3 is 2.20 bits per heavy atom. The van der Waals surface area contributed by atoms with Crippen molar-refractivity contribution in [1.29, 1.82) is 0 Å². The van der Waals surface area contributed by atoms with Gasteiger partial charge < -0.3 is 4.74 Å². The van der Waals surface area contributed by atoms with Crippen LogP contribution in [0, 0.1) is 17.6 Å². The molecular formula is C30H34F4O. The Hall–Kier alpha value is -2.56. The first-order valence-corrected chi connectivity index (χ1v) is 12.9. The zero-order chi connectivity index (χ0) is 24.8. The molecule has 0 saturated heterocycles. The molecule has 3 aromatic carbocycles. The molecule has 1 saturated carbocycles. The van der Waals surface area contributed by atoms with Crippen molar-refractivity contribution in [3.8, 4) is 16.9 Å². The molecule has 0 radical (unpaired) electrons. The molecule has 1 fully saturated rings. The summed E-state index contributed by atoms with van der Waals surface area (Å²) in [5.41, 5.74) is 3.11. The van der Waals surface area contributed by atoms with Gasteiger partial charge in [-0.25, -0.2) is 8.78 Å². The zero-order valence-corrected chi connectivity index (χ0v) is 20.3. The summed E-state index contributed by atoms with van der Waals surface area (Å²) in [4.78, 5) is 0. The van der Waals surface area contributed by atoms with Crippen LogP contribution in [-0.4, -0.2) is 6.61 Å². The fourth-order valence-electron chi connectivity index (χ4n) is 5.46. The van der Waals surface area contributed by atoms with Crippen LogP contribution in [0.3, 0.4) is 0 Å². The number of unbranched alkanes of at least 4 members (excludes halogenated alkanes) is 4. The van der Waals surface area contributed by atoms with Crippen LogP contribution in [0.4, 0.5) is 17.6 Å². The maximum atomic E-state index is 14.5. The van der Waals surface area contributed by atoms with Crippen LogP contribution in [-0.2, 0) is 0 Å². The first-order chi connectivity index (χ1) is 17.0. The van der Waals surface area contributed by atoms with Gasteiger partial charge in [0.25, 0.3) is 0 Å². The van der Waals surface area contributed by atoms with Crippen LogP contribution in [0.25, 0.3) is 21.9 Å². The summed E-state index contributed by atoms with van der Waals surface area (Å²) in [6.45, 7) is -1.04. The molecule has 0 unspecified atom stereocenters. The summed E-state index contributed by atoms with van der Waals surface area (Å²) >= 11 is 0. The van der Waals surface area contributed by atoms with Crippen LogP contribution in [0.15, 0.2) is 48.5 Å². The van der Waals surface area contributed by atoms with E-state index in [4.69, 9.17) is 0 Å². The molecule has 3 aromatic rings. The van der Waals surface area contributed by atoms with E-state index in [1.54, 1.807) is 12.1 Å². The van der Waals surface area contributed by atoms with Crippen molar-refractivity contribution in [3.63, 3.8) is 0 Å². The van der Waals surface area contributed by atoms with Crippen molar-refractivity contribution >= 4 is 10.8 Å². The van der Waals surface area contributed by atoms with Gasteiger partial charge >= 0.3 is 6.61 Å². The van der Waals surface area contributed by atoms with Gasteiger partial charge in [-0.15, -0.1) is 0 Å². The molecule has 0 spiro atoms. The third kappa shape index (κ3) is 6.36. The highest BCUT2D eigenvalue weighted by molar-refractivity contribution is 5.89. The van der Waals surface area contributed by atoms with Gasteiger partial charge in [-0.3, -0.25) is 0 Å². The molecule has 1 aliphatic carbocycles. The first kappa shape index (κ1) is 25.5. The largest absolute Gasteiger partial charge is 0.429 e. The highest BCUT2D eigenvalue weighted by atomic mass is 19.3. The van der Waals surface area contributed by atoms with Gasteiger partial charge in [-0.05, 0) is 71.7 Å². The predicted molar refractivity (Wildman–Crippen MR) is 134 cm³/mol. The number of rotatable bonds is 10. The number of ether oxygens (including phenoxy) is 1. The fraction of sp³-hybridized carbons (Fsp3) is 0.467. The molecule has 1 nitrogen and oxygen atoms in total. The topological polar surface area (TPSA) is 9.23 Å². The number of hydrogen-bond donors (Lipinski definition) is 0. The fourth-order valence-corrected chi connectivity index (χ4v) is 5.46. The first-order valence-electron chi connectivity index (χ1n) is 12.9. The van der Waals surface area contributed by atoms with Crippen LogP contribution < -0.4 is 4.74 Å². The summed E-state index contributed by atoms with van der Waals surface area (Å²) in [6.07, 6.45) is 13.2. The Labute approximate surface area is 205 Å². The van der Waals surface area contributed by atoms with Gasteiger partial charge in [0, 0.05) is 5.39 Å². The quantitative estimate of drug-likeness (QED) is 0.205. The van der Waals surface area contributed by atoms with Gasteiger partial charge in [-0.2, -0.15) is 8.78 Å². The molecule has 0 atom stereocenters. The Bertz CT molecular complexity index is 1100. The minimum Gasteiger partial charge on any atom is -0.429 e. The van der Waals surface area contributed by atoms with Gasteiger partial charge in [0.2, 0.25) is 0 Å². The molecular weight excluding hydrogens is 452 g/mol. The maximum Gasteiger partial charge on any atom is 0.387 e. The Morgan fingerprint density at radius 2 is 1.51 bits per heavy atom. The lowest BCUT2D eigenvalue weighted by Gasteiger charge is -2.29. The highest BCUT2D eigenvalue weighted by Gasteiger charge is 2.22. The summed E-state index contributed by atoms with van der Waals surface area (Å²) in [6, 6.07) is 14.3. The lowest BCUT2D eigenvalue weighted by molar-refractivity contribution is -0.0544. The molecule has 0 aliphatic heterocycles. The van der Waals surface area contributed by atoms with Crippen LogP contribution in [0.1, 0.15) is 82.6 Å². The van der Waals surface area contributed by atoms with E-state index < -0.39 is 24.0 Å². The molecule has 0 heterocycles. The van der Waals surface area contributed by atoms with Crippen molar-refractivity contribution in [2.75, 3.05) is 0 Å². The van der Waals surface area contributed by atoms with Crippen molar-refractivity contribution in [1.82, 2.24) is 0 Å². The SMILES string of the molecule is CCCCCCCC1CCC(c2ccc(-c3ccc4c(F)c(OC(F)F)c(F)cc4c3)cc2)CC1. The van der Waals surface area contributed by atoms with Gasteiger partial charge in [0.05, 0.1) is 0 Å². The summed E-state index contributed by atoms with van der Waals surface area (Å²) in [5, 5.41) is 0.348. The van der Waals surface area contributed by atoms with Gasteiger partial charge in [0.1, 0.15) is 0 Å². The molecule has 0 bridgehead atoms. The monoisotopic (exact) mass is 486 g/mol. The molecule has 0 N–H and O–H groups in total. The van der Waals surface area contributed by atoms with Crippen molar-refractivity contribution in [2.45, 2.75) is 83.7 Å². The number of fused-ring (bicyclic) bond motifs is 1. The summed E-state index contributed by atoms with van der Waals surface area (Å²) in [7, 11) is 0. The second kappa shape index (κ2) is 11.9. The zero-order valence-electron chi connectivity index (χ0n) is 20.3. The van der Waals surface area contributed by atoms with E-state index in [-0.39, 0.29) is 5.39 Å². The van der Waals surface area contributed by atoms with E-state index >= 15 is 0 Å². The number of benzene rings is 3. The molecule has 0 amide bonds. The van der Waals surface area contributed by atoms with Gasteiger partial charge in [-0.1, -0.05) is 81.8 Å². The van der Waals surface area contributed by atoms with Crippen LogP contribution >= 0.6 is 0 Å². The maximum absolute atomic E-state index is 14.5. The lowest BCUT2D eigenvalue weighted by atomic mass is 9.77. The Kier molecular flexibility index (Phi) is 8.69. The highest BCUT2D eigenvalue weighted by Crippen LogP contribution is 2.39. The van der Waals surface area contributed by atoms with Gasteiger partial charge in [0.15, 0.2) is 17.4 Å². The third-order valence-corrected chi connectivity index (χ3v) is 7.47. The Balaban J connectivity index is 1.39. The van der Waals surface area contributed by atoms with Crippen molar-refractivity contribution in [2.24, 2.45) is 5.92 Å². The van der Waals surface area contributed by atoms with E-state index in [1.807, 2.05) is 0 Å². The lowest BCUT2D eigenvalue weighted by Crippen LogP contribution is -2.13. The van der Waals surface area contributed by atoms with Crippen LogP contribution in [0.5, 0.6) is 5.75 Å². The number of hydrogen-bond acceptors (Lipinski definition) is 1. The van der Waals surface area contributed by atoms with E-state index in [0.717, 1.165) is 23.1 Å². The second-order valence-electron chi connectivity index (χ2n) is 9.86. The van der Waals surface area contributed by atoms with Crippen molar-refractivity contribution < 1.29 is 22.3 Å². The average molecular weight is 487 g/mol. The third-order valence-electron chi connectivity index (χ3n) is 7.47. The summed E-state index contributed by atoms with van der Waals surface area (Å²) in [5.74, 6) is -1.83. The molecule has 188 valence electrons. The molecule has 35 heavy (non-hydrogen) atoms. The minimum absolute atomic E-state index is 0.0459. The van der Waals surface area contributed by atoms with E-state index in [2.05, 4.69) is 35.9 Å². The average Bonchev–Trinajstić information content (AvgIpc) is 2.86. The van der Waals surface area contributed by atoms with Crippen LogP contribution in [0.2, 0.25) is 0 Å². The molecule has 5 heteroatoms. The van der Waals surface area contributed by atoms with E-state index in [1.165, 1.54) is 75.8 Å². The predicted octanol–water partition coefficient (Wildman–Crippen LogP) is 10.0. The molecule has 1 aliphatic rings. The molecule has 4 rings (SSSR count). The minimum atomic E-state index is -3.29. The van der Waals surface area contributed by atoms with Crippen molar-refractivity contribution in [3.05, 3.63) is 65.7 Å². The number of alkyl halides is 2. The number of halogens is 4. The van der Waals surface area contributed by atoms with E-state index in [0.29, 0.717) is 11.3 Å². The Morgan fingerprint density at radius 1 is 0.829 bits per heavy atom. The molecule has 0 aromatic heterocycles. The standard InChI is InChI=1S/C30H34F4O/c1-2-3-4-5-6-7-20-8-10-21(11-9-20)22-12-14-23(15-13-22)24-16-17-26-25(18-24)19-27(31)29(28(26)32)35-30(33)34/h12-21,30H,2-11H2,1H3. The van der Waals surface area contributed by atoms with E-state index in [9.17, 15) is 17.6 Å². The second-order valence-corrected chi connectivity index (χ2v) is 9.86. The summed E-state index contributed by atoms with van der Waals surface area (Å²) < 4.78 is 57.7. The normalized spacial score (nSPS) is 18.3.